The molecular weight excluding hydrogens is 196 g/mol. The summed E-state index contributed by atoms with van der Waals surface area (Å²) < 4.78 is 0. The van der Waals surface area contributed by atoms with Crippen molar-refractivity contribution in [3.63, 3.8) is 0 Å². The van der Waals surface area contributed by atoms with Gasteiger partial charge in [0, 0.05) is 0 Å². The number of carbonyl (C=O) groups is 2. The van der Waals surface area contributed by atoms with Crippen LogP contribution in [0.15, 0.2) is 30.3 Å². The number of carboxylic acid groups (broad SMARTS) is 1. The molecule has 2 amide bonds. The molecule has 15 heavy (non-hydrogen) atoms. The Kier molecular flexibility index (Phi) is 3.68. The molecule has 5 heteroatoms. The zero-order valence-electron chi connectivity index (χ0n) is 8.23. The zero-order chi connectivity index (χ0) is 11.3. The standard InChI is InChI=1S/C10H12N2O3/c1-7(8-5-3-2-4-6-8)9(13)11-12-10(14)15/h2-7,12H,1H3,(H,11,13)(H,14,15)/t7-/m0/s1. The van der Waals surface area contributed by atoms with Crippen LogP contribution < -0.4 is 10.9 Å². The highest BCUT2D eigenvalue weighted by molar-refractivity contribution is 5.84. The minimum Gasteiger partial charge on any atom is -0.464 e. The second-order valence-electron chi connectivity index (χ2n) is 3.05. The van der Waals surface area contributed by atoms with Crippen molar-refractivity contribution in [1.82, 2.24) is 10.9 Å². The van der Waals surface area contributed by atoms with E-state index in [1.165, 1.54) is 0 Å². The quantitative estimate of drug-likeness (QED) is 0.636. The van der Waals surface area contributed by atoms with Gasteiger partial charge in [-0.2, -0.15) is 0 Å². The Morgan fingerprint density at radius 2 is 1.80 bits per heavy atom. The van der Waals surface area contributed by atoms with Crippen LogP contribution in [-0.4, -0.2) is 17.1 Å². The Bertz CT molecular complexity index is 351. The van der Waals surface area contributed by atoms with Gasteiger partial charge in [0.05, 0.1) is 5.92 Å². The van der Waals surface area contributed by atoms with E-state index < -0.39 is 12.0 Å². The molecule has 0 fully saturated rings. The first-order valence-electron chi connectivity index (χ1n) is 4.45. The van der Waals surface area contributed by atoms with Gasteiger partial charge in [0.15, 0.2) is 0 Å². The van der Waals surface area contributed by atoms with Gasteiger partial charge in [-0.1, -0.05) is 30.3 Å². The number of benzene rings is 1. The molecule has 3 N–H and O–H groups in total. The highest BCUT2D eigenvalue weighted by Crippen LogP contribution is 2.13. The Morgan fingerprint density at radius 1 is 1.20 bits per heavy atom. The number of carbonyl (C=O) groups excluding carboxylic acids is 1. The lowest BCUT2D eigenvalue weighted by molar-refractivity contribution is -0.123. The van der Waals surface area contributed by atoms with Crippen molar-refractivity contribution in [2.45, 2.75) is 12.8 Å². The predicted molar refractivity (Wildman–Crippen MR) is 54.2 cm³/mol. The van der Waals surface area contributed by atoms with Crippen LogP contribution in [0.2, 0.25) is 0 Å². The van der Waals surface area contributed by atoms with Gasteiger partial charge < -0.3 is 5.11 Å². The van der Waals surface area contributed by atoms with Crippen LogP contribution in [0.1, 0.15) is 18.4 Å². The molecule has 0 heterocycles. The lowest BCUT2D eigenvalue weighted by Crippen LogP contribution is -2.42. The van der Waals surface area contributed by atoms with Crippen LogP contribution in [0, 0.1) is 0 Å². The van der Waals surface area contributed by atoms with Crippen LogP contribution in [0.5, 0.6) is 0 Å². The molecule has 5 nitrogen and oxygen atoms in total. The summed E-state index contributed by atoms with van der Waals surface area (Å²) in [5, 5.41) is 8.29. The lowest BCUT2D eigenvalue weighted by atomic mass is 10.0. The molecule has 0 saturated heterocycles. The van der Waals surface area contributed by atoms with Gasteiger partial charge in [0.25, 0.3) is 0 Å². The van der Waals surface area contributed by atoms with Crippen molar-refractivity contribution in [1.29, 1.82) is 0 Å². The molecule has 0 bridgehead atoms. The normalized spacial score (nSPS) is 11.5. The van der Waals surface area contributed by atoms with E-state index in [4.69, 9.17) is 5.11 Å². The van der Waals surface area contributed by atoms with Gasteiger partial charge in [0.1, 0.15) is 0 Å². The van der Waals surface area contributed by atoms with Gasteiger partial charge >= 0.3 is 6.09 Å². The van der Waals surface area contributed by atoms with E-state index in [2.05, 4.69) is 5.43 Å². The fraction of sp³-hybridized carbons (Fsp3) is 0.200. The predicted octanol–water partition coefficient (Wildman–Crippen LogP) is 1.09. The van der Waals surface area contributed by atoms with Crippen molar-refractivity contribution in [2.75, 3.05) is 0 Å². The molecule has 0 aliphatic heterocycles. The molecule has 1 aromatic carbocycles. The van der Waals surface area contributed by atoms with Crippen molar-refractivity contribution < 1.29 is 14.7 Å². The molecule has 0 spiro atoms. The molecule has 0 saturated carbocycles. The summed E-state index contributed by atoms with van der Waals surface area (Å²) in [6.07, 6.45) is -1.29. The number of amides is 2. The molecule has 0 aromatic heterocycles. The van der Waals surface area contributed by atoms with E-state index in [9.17, 15) is 9.59 Å². The molecule has 1 atom stereocenters. The second kappa shape index (κ2) is 4.99. The van der Waals surface area contributed by atoms with Gasteiger partial charge in [-0.05, 0) is 12.5 Å². The average Bonchev–Trinajstić information content (AvgIpc) is 2.26. The minimum atomic E-state index is -1.29. The van der Waals surface area contributed by atoms with E-state index >= 15 is 0 Å². The molecule has 0 radical (unpaired) electrons. The van der Waals surface area contributed by atoms with Crippen molar-refractivity contribution in [3.8, 4) is 0 Å². The number of hydrogen-bond acceptors (Lipinski definition) is 2. The van der Waals surface area contributed by atoms with Crippen LogP contribution in [0.25, 0.3) is 0 Å². The minimum absolute atomic E-state index is 0.386. The van der Waals surface area contributed by atoms with E-state index in [1.54, 1.807) is 6.92 Å². The Morgan fingerprint density at radius 3 is 2.33 bits per heavy atom. The highest BCUT2D eigenvalue weighted by Gasteiger charge is 2.14. The third kappa shape index (κ3) is 3.30. The maximum absolute atomic E-state index is 11.4. The Hall–Kier alpha value is -2.04. The van der Waals surface area contributed by atoms with E-state index in [0.717, 1.165) is 5.56 Å². The number of hydrogen-bond donors (Lipinski definition) is 3. The third-order valence-electron chi connectivity index (χ3n) is 1.99. The van der Waals surface area contributed by atoms with Gasteiger partial charge in [0.2, 0.25) is 5.91 Å². The summed E-state index contributed by atoms with van der Waals surface area (Å²) in [5.74, 6) is -0.776. The summed E-state index contributed by atoms with van der Waals surface area (Å²) in [6.45, 7) is 1.70. The number of rotatable bonds is 2. The molecule has 0 aliphatic carbocycles. The molecule has 0 aliphatic rings. The fourth-order valence-corrected chi connectivity index (χ4v) is 1.12. The van der Waals surface area contributed by atoms with Crippen LogP contribution in [0.3, 0.4) is 0 Å². The third-order valence-corrected chi connectivity index (χ3v) is 1.99. The SMILES string of the molecule is C[C@H](C(=O)NNC(=O)O)c1ccccc1. The van der Waals surface area contributed by atoms with E-state index in [0.29, 0.717) is 0 Å². The summed E-state index contributed by atoms with van der Waals surface area (Å²) in [7, 11) is 0. The van der Waals surface area contributed by atoms with Gasteiger partial charge in [-0.3, -0.25) is 10.2 Å². The van der Waals surface area contributed by atoms with Crippen molar-refractivity contribution in [2.24, 2.45) is 0 Å². The highest BCUT2D eigenvalue weighted by atomic mass is 16.4. The first kappa shape index (κ1) is 11.0. The monoisotopic (exact) mass is 208 g/mol. The first-order valence-corrected chi connectivity index (χ1v) is 4.45. The Labute approximate surface area is 87.1 Å². The summed E-state index contributed by atoms with van der Waals surface area (Å²) >= 11 is 0. The maximum atomic E-state index is 11.4. The van der Waals surface area contributed by atoms with Crippen LogP contribution in [-0.2, 0) is 4.79 Å². The smallest absolute Gasteiger partial charge is 0.423 e. The Balaban J connectivity index is 2.57. The summed E-state index contributed by atoms with van der Waals surface area (Å²) in [6, 6.07) is 9.12. The lowest BCUT2D eigenvalue weighted by Gasteiger charge is -2.11. The molecule has 1 aromatic rings. The van der Waals surface area contributed by atoms with E-state index in [-0.39, 0.29) is 5.91 Å². The molecular formula is C10H12N2O3. The van der Waals surface area contributed by atoms with Crippen molar-refractivity contribution in [3.05, 3.63) is 35.9 Å². The summed E-state index contributed by atoms with van der Waals surface area (Å²) in [5.41, 5.74) is 4.74. The fourth-order valence-electron chi connectivity index (χ4n) is 1.12. The molecule has 1 rings (SSSR count). The largest absolute Gasteiger partial charge is 0.464 e. The number of nitrogens with one attached hydrogen (secondary N) is 2. The zero-order valence-corrected chi connectivity index (χ0v) is 8.23. The van der Waals surface area contributed by atoms with E-state index in [1.807, 2.05) is 35.8 Å². The summed E-state index contributed by atoms with van der Waals surface area (Å²) in [4.78, 5) is 21.5. The van der Waals surface area contributed by atoms with Gasteiger partial charge in [-0.25, -0.2) is 10.2 Å². The number of hydrazine groups is 1. The van der Waals surface area contributed by atoms with Crippen LogP contribution >= 0.6 is 0 Å². The second-order valence-corrected chi connectivity index (χ2v) is 3.05. The van der Waals surface area contributed by atoms with Crippen molar-refractivity contribution >= 4 is 12.0 Å². The topological polar surface area (TPSA) is 78.4 Å². The van der Waals surface area contributed by atoms with Gasteiger partial charge in [-0.15, -0.1) is 0 Å². The van der Waals surface area contributed by atoms with Crippen LogP contribution in [0.4, 0.5) is 4.79 Å². The maximum Gasteiger partial charge on any atom is 0.423 e. The average molecular weight is 208 g/mol. The molecule has 80 valence electrons. The molecule has 0 unspecified atom stereocenters. The first-order chi connectivity index (χ1) is 7.11.